The molecule has 44 heavy (non-hydrogen) atoms. The normalized spacial score (nSPS) is 23.5. The van der Waals surface area contributed by atoms with Gasteiger partial charge in [0.25, 0.3) is 0 Å². The number of nitrogens with zero attached hydrogens (tertiary/aromatic N) is 1. The highest BCUT2D eigenvalue weighted by atomic mass is 32.2. The van der Waals surface area contributed by atoms with Gasteiger partial charge in [-0.25, -0.2) is 4.79 Å². The molecule has 2 aromatic rings. The number of alkyl carbamates (subject to hydrolysis) is 1. The van der Waals surface area contributed by atoms with E-state index in [-0.39, 0.29) is 29.1 Å². The summed E-state index contributed by atoms with van der Waals surface area (Å²) in [5, 5.41) is 2.91. The summed E-state index contributed by atoms with van der Waals surface area (Å²) in [4.78, 5) is 29.3. The molecule has 238 valence electrons. The summed E-state index contributed by atoms with van der Waals surface area (Å²) in [6, 6.07) is 18.1. The van der Waals surface area contributed by atoms with Crippen LogP contribution in [0.4, 0.5) is 4.79 Å². The maximum atomic E-state index is 14.4. The third-order valence-electron chi connectivity index (χ3n) is 8.13. The summed E-state index contributed by atoms with van der Waals surface area (Å²) in [5.74, 6) is 0.619. The van der Waals surface area contributed by atoms with Crippen molar-refractivity contribution < 1.29 is 23.8 Å². The molecule has 8 heteroatoms. The van der Waals surface area contributed by atoms with E-state index in [2.05, 4.69) is 54.9 Å². The quantitative estimate of drug-likeness (QED) is 0.126. The fourth-order valence-electron chi connectivity index (χ4n) is 5.94. The predicted octanol–water partition coefficient (Wildman–Crippen LogP) is 7.47. The Morgan fingerprint density at radius 3 is 2.39 bits per heavy atom. The smallest absolute Gasteiger partial charge is 0.408 e. The van der Waals surface area contributed by atoms with Gasteiger partial charge in [0.2, 0.25) is 5.91 Å². The fourth-order valence-corrected chi connectivity index (χ4v) is 7.20. The highest BCUT2D eigenvalue weighted by molar-refractivity contribution is 8.00. The Hall–Kier alpha value is -3.07. The molecule has 5 atom stereocenters. The molecule has 1 N–H and O–H groups in total. The molecule has 0 bridgehead atoms. The van der Waals surface area contributed by atoms with Gasteiger partial charge in [-0.1, -0.05) is 79.6 Å². The van der Waals surface area contributed by atoms with Crippen molar-refractivity contribution in [3.63, 3.8) is 0 Å². The van der Waals surface area contributed by atoms with Crippen molar-refractivity contribution in [3.8, 4) is 11.1 Å². The maximum Gasteiger partial charge on any atom is 0.408 e. The number of amides is 2. The first-order chi connectivity index (χ1) is 21.1. The van der Waals surface area contributed by atoms with Gasteiger partial charge in [0.05, 0.1) is 10.8 Å². The first kappa shape index (κ1) is 33.8. The molecule has 1 unspecified atom stereocenters. The zero-order chi connectivity index (χ0) is 31.7. The van der Waals surface area contributed by atoms with E-state index >= 15 is 0 Å². The topological polar surface area (TPSA) is 80.4 Å². The molecule has 7 nitrogen and oxygen atoms in total. The lowest BCUT2D eigenvalue weighted by atomic mass is 9.92. The lowest BCUT2D eigenvalue weighted by Crippen LogP contribution is -2.52. The van der Waals surface area contributed by atoms with Crippen LogP contribution in [0.15, 0.2) is 79.9 Å². The molecule has 0 aliphatic carbocycles. The van der Waals surface area contributed by atoms with E-state index in [1.54, 1.807) is 18.9 Å². The molecule has 2 fully saturated rings. The van der Waals surface area contributed by atoms with E-state index in [0.717, 1.165) is 48.1 Å². The summed E-state index contributed by atoms with van der Waals surface area (Å²) in [6.45, 7) is 13.7. The van der Waals surface area contributed by atoms with Crippen LogP contribution in [0.25, 0.3) is 11.1 Å². The summed E-state index contributed by atoms with van der Waals surface area (Å²) in [7, 11) is 1.63. The molecule has 0 radical (unpaired) electrons. The lowest BCUT2D eigenvalue weighted by Gasteiger charge is -2.31. The molecule has 2 aliphatic rings. The second kappa shape index (κ2) is 15.3. The third kappa shape index (κ3) is 8.77. The van der Waals surface area contributed by atoms with Gasteiger partial charge in [-0.15, -0.1) is 24.9 Å². The Labute approximate surface area is 267 Å². The highest BCUT2D eigenvalue weighted by Gasteiger charge is 2.57. The van der Waals surface area contributed by atoms with Gasteiger partial charge >= 0.3 is 6.09 Å². The number of hydrogen-bond donors (Lipinski definition) is 1. The number of rotatable bonds is 15. The van der Waals surface area contributed by atoms with Gasteiger partial charge in [0, 0.05) is 19.4 Å². The molecular formula is C36H48N2O5S. The van der Waals surface area contributed by atoms with Crippen LogP contribution in [0.1, 0.15) is 64.9 Å². The minimum atomic E-state index is -0.712. The zero-order valence-corrected chi connectivity index (χ0v) is 27.4. The molecule has 2 aromatic carbocycles. The third-order valence-corrected chi connectivity index (χ3v) is 9.61. The Balaban J connectivity index is 1.63. The van der Waals surface area contributed by atoms with Crippen LogP contribution in [0.5, 0.6) is 0 Å². The zero-order valence-electron chi connectivity index (χ0n) is 26.6. The molecule has 2 saturated heterocycles. The monoisotopic (exact) mass is 620 g/mol. The fraction of sp³-hybridized carbons (Fsp3) is 0.500. The van der Waals surface area contributed by atoms with Crippen molar-refractivity contribution in [1.82, 2.24) is 10.2 Å². The molecule has 0 spiro atoms. The molecule has 2 heterocycles. The van der Waals surface area contributed by atoms with Crippen LogP contribution < -0.4 is 5.32 Å². The number of thioether (sulfide) groups is 1. The Morgan fingerprint density at radius 2 is 1.77 bits per heavy atom. The van der Waals surface area contributed by atoms with E-state index in [4.69, 9.17) is 14.2 Å². The van der Waals surface area contributed by atoms with Crippen LogP contribution in [0.3, 0.4) is 0 Å². The van der Waals surface area contributed by atoms with Crippen molar-refractivity contribution in [2.24, 2.45) is 0 Å². The van der Waals surface area contributed by atoms with Crippen LogP contribution >= 0.6 is 11.8 Å². The Kier molecular flexibility index (Phi) is 11.7. The van der Waals surface area contributed by atoms with Gasteiger partial charge in [0.1, 0.15) is 17.7 Å². The van der Waals surface area contributed by atoms with Crippen LogP contribution in [0.2, 0.25) is 0 Å². The number of unbranched alkanes of at least 4 members (excludes halogenated alkanes) is 3. The largest absolute Gasteiger partial charge is 0.444 e. The average molecular weight is 621 g/mol. The van der Waals surface area contributed by atoms with Crippen molar-refractivity contribution in [3.05, 3.63) is 85.5 Å². The number of ether oxygens (including phenoxy) is 3. The molecule has 0 aromatic heterocycles. The van der Waals surface area contributed by atoms with Crippen molar-refractivity contribution in [2.45, 2.75) is 94.1 Å². The summed E-state index contributed by atoms with van der Waals surface area (Å²) in [5.41, 5.74) is 2.78. The first-order valence-electron chi connectivity index (χ1n) is 15.6. The number of benzene rings is 2. The van der Waals surface area contributed by atoms with Gasteiger partial charge in [-0.2, -0.15) is 0 Å². The number of carbonyl (C=O) groups excluding carboxylic acids is 2. The first-order valence-corrected chi connectivity index (χ1v) is 16.6. The van der Waals surface area contributed by atoms with E-state index in [9.17, 15) is 9.59 Å². The number of epoxide rings is 1. The molecule has 0 saturated carbocycles. The maximum absolute atomic E-state index is 14.4. The van der Waals surface area contributed by atoms with Crippen molar-refractivity contribution in [1.29, 1.82) is 0 Å². The number of likely N-dealkylation sites (tertiary alicyclic amines) is 1. The van der Waals surface area contributed by atoms with E-state index < -0.39 is 17.7 Å². The van der Waals surface area contributed by atoms with Crippen LogP contribution in [0, 0.1) is 0 Å². The van der Waals surface area contributed by atoms with Crippen molar-refractivity contribution in [2.75, 3.05) is 19.4 Å². The SMILES string of the molecule is C=CCCCCC[C@H](NC(=O)OC(C)(C)C)C(=O)N1C[C@](SCC=C)(c2ccc(-c3ccccc3)cc2)C[C@H]1C1O[C@@H]1OC. The summed E-state index contributed by atoms with van der Waals surface area (Å²) >= 11 is 1.80. The van der Waals surface area contributed by atoms with E-state index in [0.29, 0.717) is 19.4 Å². The second-order valence-corrected chi connectivity index (χ2v) is 14.0. The second-order valence-electron chi connectivity index (χ2n) is 12.6. The van der Waals surface area contributed by atoms with Crippen LogP contribution in [-0.4, -0.2) is 66.4 Å². The minimum Gasteiger partial charge on any atom is -0.444 e. The standard InChI is InChI=1S/C36H48N2O5S/c1-7-9-10-11-15-18-29(37-34(40)43-35(3,4)5)32(39)38-25-36(44-23-8-2,24-30(38)31-33(41-6)42-31)28-21-19-27(20-22-28)26-16-13-12-14-17-26/h7-8,12-14,16-17,19-22,29-31,33H,1-2,9-11,15,18,23-25H2,3-6H3,(H,37,40)/t29-,30-,31?,33-,36-/m0/s1. The molecule has 4 rings (SSSR count). The van der Waals surface area contributed by atoms with Gasteiger partial charge < -0.3 is 24.4 Å². The number of hydrogen-bond acceptors (Lipinski definition) is 6. The van der Waals surface area contributed by atoms with Gasteiger partial charge in [-0.3, -0.25) is 4.79 Å². The molecule has 2 aliphatic heterocycles. The Morgan fingerprint density at radius 1 is 1.07 bits per heavy atom. The average Bonchev–Trinajstić information content (AvgIpc) is 3.70. The summed E-state index contributed by atoms with van der Waals surface area (Å²) < 4.78 is 16.6. The Bertz CT molecular complexity index is 1260. The number of methoxy groups -OCH3 is 1. The number of allylic oxidation sites excluding steroid dienone is 1. The number of carbonyl (C=O) groups is 2. The van der Waals surface area contributed by atoms with Crippen LogP contribution in [-0.2, 0) is 23.8 Å². The number of nitrogens with one attached hydrogen (secondary N) is 1. The highest BCUT2D eigenvalue weighted by Crippen LogP contribution is 2.51. The van der Waals surface area contributed by atoms with Gasteiger partial charge in [-0.05, 0) is 63.1 Å². The molecular weight excluding hydrogens is 572 g/mol. The lowest BCUT2D eigenvalue weighted by molar-refractivity contribution is -0.135. The van der Waals surface area contributed by atoms with E-state index in [1.807, 2.05) is 56.0 Å². The molecule has 2 amide bonds. The van der Waals surface area contributed by atoms with Gasteiger partial charge in [0.15, 0.2) is 6.29 Å². The predicted molar refractivity (Wildman–Crippen MR) is 178 cm³/mol. The summed E-state index contributed by atoms with van der Waals surface area (Å²) in [6.07, 6.45) is 7.54. The van der Waals surface area contributed by atoms with Crippen molar-refractivity contribution >= 4 is 23.8 Å². The van der Waals surface area contributed by atoms with E-state index in [1.165, 1.54) is 0 Å². The minimum absolute atomic E-state index is 0.114.